The SMILES string of the molecule is CCC1CCCC(C(CCOCC(F)F)NN)C1. The van der Waals surface area contributed by atoms with Gasteiger partial charge < -0.3 is 4.74 Å². The number of nitrogens with one attached hydrogen (secondary N) is 1. The van der Waals surface area contributed by atoms with Crippen molar-refractivity contribution in [3.8, 4) is 0 Å². The van der Waals surface area contributed by atoms with Crippen molar-refractivity contribution < 1.29 is 13.5 Å². The molecule has 3 atom stereocenters. The Hall–Kier alpha value is -0.260. The lowest BCUT2D eigenvalue weighted by atomic mass is 9.76. The minimum absolute atomic E-state index is 0.192. The average Bonchev–Trinajstić information content (AvgIpc) is 2.38. The molecule has 0 aliphatic heterocycles. The van der Waals surface area contributed by atoms with Crippen LogP contribution >= 0.6 is 0 Å². The van der Waals surface area contributed by atoms with Crippen LogP contribution in [0.3, 0.4) is 0 Å². The van der Waals surface area contributed by atoms with Gasteiger partial charge in [0.05, 0.1) is 0 Å². The van der Waals surface area contributed by atoms with E-state index in [-0.39, 0.29) is 6.04 Å². The van der Waals surface area contributed by atoms with Crippen molar-refractivity contribution in [2.24, 2.45) is 17.7 Å². The highest BCUT2D eigenvalue weighted by molar-refractivity contribution is 4.81. The van der Waals surface area contributed by atoms with Crippen molar-refractivity contribution in [1.82, 2.24) is 5.43 Å². The summed E-state index contributed by atoms with van der Waals surface area (Å²) in [6.45, 7) is 2.11. The molecule has 0 radical (unpaired) electrons. The molecule has 1 aliphatic rings. The summed E-state index contributed by atoms with van der Waals surface area (Å²) < 4.78 is 28.8. The third kappa shape index (κ3) is 5.59. The molecule has 0 aromatic carbocycles. The first kappa shape index (κ1) is 15.8. The van der Waals surface area contributed by atoms with Crippen molar-refractivity contribution in [3.63, 3.8) is 0 Å². The fourth-order valence-corrected chi connectivity index (χ4v) is 2.91. The Morgan fingerprint density at radius 2 is 2.17 bits per heavy atom. The Morgan fingerprint density at radius 3 is 2.78 bits per heavy atom. The van der Waals surface area contributed by atoms with E-state index in [9.17, 15) is 8.78 Å². The van der Waals surface area contributed by atoms with Gasteiger partial charge in [0.2, 0.25) is 0 Å². The topological polar surface area (TPSA) is 47.3 Å². The fraction of sp³-hybridized carbons (Fsp3) is 1.00. The quantitative estimate of drug-likeness (QED) is 0.402. The Balaban J connectivity index is 2.26. The molecule has 1 rings (SSSR count). The standard InChI is InChI=1S/C13H26F2N2O/c1-2-10-4-3-5-11(8-10)12(17-16)6-7-18-9-13(14)15/h10-13,17H,2-9,16H2,1H3. The lowest BCUT2D eigenvalue weighted by molar-refractivity contribution is 0.0115. The third-order valence-electron chi connectivity index (χ3n) is 4.00. The highest BCUT2D eigenvalue weighted by Gasteiger charge is 2.26. The van der Waals surface area contributed by atoms with E-state index < -0.39 is 13.0 Å². The first-order valence-electron chi connectivity index (χ1n) is 6.99. The predicted octanol–water partition coefficient (Wildman–Crippen LogP) is 2.71. The monoisotopic (exact) mass is 264 g/mol. The van der Waals surface area contributed by atoms with Crippen LogP contribution in [0.5, 0.6) is 0 Å². The molecule has 3 unspecified atom stereocenters. The van der Waals surface area contributed by atoms with Gasteiger partial charge in [-0.2, -0.15) is 0 Å². The van der Waals surface area contributed by atoms with Crippen molar-refractivity contribution in [2.45, 2.75) is 57.9 Å². The Morgan fingerprint density at radius 1 is 1.39 bits per heavy atom. The summed E-state index contributed by atoms with van der Waals surface area (Å²) in [5.41, 5.74) is 2.84. The highest BCUT2D eigenvalue weighted by Crippen LogP contribution is 2.33. The van der Waals surface area contributed by atoms with Gasteiger partial charge in [0.25, 0.3) is 6.43 Å². The van der Waals surface area contributed by atoms with E-state index >= 15 is 0 Å². The molecular formula is C13H26F2N2O. The van der Waals surface area contributed by atoms with E-state index in [1.165, 1.54) is 32.1 Å². The Kier molecular flexibility index (Phi) is 7.70. The molecule has 1 saturated carbocycles. The van der Waals surface area contributed by atoms with Crippen LogP contribution in [0.15, 0.2) is 0 Å². The molecule has 1 fully saturated rings. The van der Waals surface area contributed by atoms with Crippen LogP contribution < -0.4 is 11.3 Å². The predicted molar refractivity (Wildman–Crippen MR) is 68.3 cm³/mol. The molecular weight excluding hydrogens is 238 g/mol. The van der Waals surface area contributed by atoms with E-state index in [2.05, 4.69) is 12.3 Å². The molecule has 0 amide bonds. The maximum absolute atomic E-state index is 11.9. The van der Waals surface area contributed by atoms with Crippen LogP contribution in [0.1, 0.15) is 45.4 Å². The molecule has 18 heavy (non-hydrogen) atoms. The van der Waals surface area contributed by atoms with Crippen LogP contribution in [0.2, 0.25) is 0 Å². The summed E-state index contributed by atoms with van der Waals surface area (Å²) in [5, 5.41) is 0. The van der Waals surface area contributed by atoms with Gasteiger partial charge in [-0.25, -0.2) is 8.78 Å². The van der Waals surface area contributed by atoms with Gasteiger partial charge in [0, 0.05) is 12.6 Å². The largest absolute Gasteiger partial charge is 0.375 e. The van der Waals surface area contributed by atoms with Gasteiger partial charge >= 0.3 is 0 Å². The minimum Gasteiger partial charge on any atom is -0.375 e. The number of hydrogen-bond acceptors (Lipinski definition) is 3. The third-order valence-corrected chi connectivity index (χ3v) is 4.00. The van der Waals surface area contributed by atoms with E-state index in [0.29, 0.717) is 18.9 Å². The van der Waals surface area contributed by atoms with Gasteiger partial charge in [-0.3, -0.25) is 11.3 Å². The molecule has 0 aromatic rings. The number of hydrogen-bond donors (Lipinski definition) is 2. The summed E-state index contributed by atoms with van der Waals surface area (Å²) in [4.78, 5) is 0. The van der Waals surface area contributed by atoms with Crippen molar-refractivity contribution in [2.75, 3.05) is 13.2 Å². The number of alkyl halides is 2. The number of hydrazine groups is 1. The lowest BCUT2D eigenvalue weighted by Gasteiger charge is -2.34. The van der Waals surface area contributed by atoms with Crippen LogP contribution in [-0.4, -0.2) is 25.7 Å². The average molecular weight is 264 g/mol. The maximum atomic E-state index is 11.9. The molecule has 1 aliphatic carbocycles. The molecule has 0 heterocycles. The number of nitrogens with two attached hydrogens (primary N) is 1. The number of halogens is 2. The van der Waals surface area contributed by atoms with Crippen LogP contribution in [-0.2, 0) is 4.74 Å². The van der Waals surface area contributed by atoms with Crippen molar-refractivity contribution >= 4 is 0 Å². The Labute approximate surface area is 108 Å². The Bertz CT molecular complexity index is 217. The second-order valence-electron chi connectivity index (χ2n) is 5.23. The summed E-state index contributed by atoms with van der Waals surface area (Å²) >= 11 is 0. The molecule has 5 heteroatoms. The van der Waals surface area contributed by atoms with Gasteiger partial charge in [0.1, 0.15) is 6.61 Å². The molecule has 0 saturated heterocycles. The van der Waals surface area contributed by atoms with E-state index in [1.54, 1.807) is 0 Å². The second kappa shape index (κ2) is 8.77. The van der Waals surface area contributed by atoms with Gasteiger partial charge in [-0.1, -0.05) is 26.2 Å². The number of ether oxygens (including phenoxy) is 1. The van der Waals surface area contributed by atoms with Gasteiger partial charge in [-0.05, 0) is 31.1 Å². The molecule has 3 nitrogen and oxygen atoms in total. The van der Waals surface area contributed by atoms with Crippen molar-refractivity contribution in [1.29, 1.82) is 0 Å². The first-order valence-corrected chi connectivity index (χ1v) is 6.99. The van der Waals surface area contributed by atoms with E-state index in [4.69, 9.17) is 10.6 Å². The molecule has 3 N–H and O–H groups in total. The van der Waals surface area contributed by atoms with Gasteiger partial charge in [-0.15, -0.1) is 0 Å². The summed E-state index contributed by atoms with van der Waals surface area (Å²) in [6, 6.07) is 0.192. The summed E-state index contributed by atoms with van der Waals surface area (Å²) in [6.07, 6.45) is 4.49. The van der Waals surface area contributed by atoms with Crippen LogP contribution in [0.4, 0.5) is 8.78 Å². The van der Waals surface area contributed by atoms with Crippen LogP contribution in [0, 0.1) is 11.8 Å². The molecule has 108 valence electrons. The van der Waals surface area contributed by atoms with Crippen molar-refractivity contribution in [3.05, 3.63) is 0 Å². The van der Waals surface area contributed by atoms with E-state index in [1.807, 2.05) is 0 Å². The second-order valence-corrected chi connectivity index (χ2v) is 5.23. The zero-order valence-electron chi connectivity index (χ0n) is 11.2. The number of rotatable bonds is 8. The maximum Gasteiger partial charge on any atom is 0.261 e. The zero-order chi connectivity index (χ0) is 13.4. The van der Waals surface area contributed by atoms with Crippen LogP contribution in [0.25, 0.3) is 0 Å². The fourth-order valence-electron chi connectivity index (χ4n) is 2.91. The molecule has 0 aromatic heterocycles. The van der Waals surface area contributed by atoms with Gasteiger partial charge in [0.15, 0.2) is 0 Å². The summed E-state index contributed by atoms with van der Waals surface area (Å²) in [5.74, 6) is 6.93. The minimum atomic E-state index is -2.38. The normalized spacial score (nSPS) is 26.5. The van der Waals surface area contributed by atoms with E-state index in [0.717, 1.165) is 5.92 Å². The summed E-state index contributed by atoms with van der Waals surface area (Å²) in [7, 11) is 0. The molecule has 0 bridgehead atoms. The lowest BCUT2D eigenvalue weighted by Crippen LogP contribution is -2.43. The highest BCUT2D eigenvalue weighted by atomic mass is 19.3. The first-order chi connectivity index (χ1) is 8.67. The zero-order valence-corrected chi connectivity index (χ0v) is 11.2. The molecule has 0 spiro atoms. The smallest absolute Gasteiger partial charge is 0.261 e.